The van der Waals surface area contributed by atoms with Crippen LogP contribution in [0.25, 0.3) is 10.9 Å². The Bertz CT molecular complexity index is 1260. The van der Waals surface area contributed by atoms with Gasteiger partial charge in [-0.05, 0) is 49.1 Å². The first kappa shape index (κ1) is 23.6. The number of rotatable bonds is 9. The summed E-state index contributed by atoms with van der Waals surface area (Å²) < 4.78 is 12.7. The molecule has 1 aromatic carbocycles. The third-order valence-electron chi connectivity index (χ3n) is 5.61. The van der Waals surface area contributed by atoms with Crippen molar-refractivity contribution >= 4 is 34.5 Å². The number of amides is 2. The van der Waals surface area contributed by atoms with Gasteiger partial charge in [-0.15, -0.1) is 0 Å². The summed E-state index contributed by atoms with van der Waals surface area (Å²) in [6, 6.07) is 6.20. The Morgan fingerprint density at radius 2 is 1.94 bits per heavy atom. The monoisotopic (exact) mass is 482 g/mol. The smallest absolute Gasteiger partial charge is 0.257 e. The molecule has 3 aromatic rings. The number of fused-ring (bicyclic) bond motifs is 2. The third-order valence-corrected chi connectivity index (χ3v) is 6.25. The Balaban J connectivity index is 1.58. The van der Waals surface area contributed by atoms with E-state index >= 15 is 0 Å². The van der Waals surface area contributed by atoms with E-state index < -0.39 is 17.4 Å². The van der Waals surface area contributed by atoms with Gasteiger partial charge in [-0.3, -0.25) is 19.4 Å². The summed E-state index contributed by atoms with van der Waals surface area (Å²) in [6.07, 6.45) is 7.20. The lowest BCUT2D eigenvalue weighted by molar-refractivity contribution is -0.123. The molecule has 178 valence electrons. The summed E-state index contributed by atoms with van der Waals surface area (Å²) in [5.41, 5.74) is 1.11. The normalized spacial score (nSPS) is 13.0. The zero-order valence-electron chi connectivity index (χ0n) is 19.0. The van der Waals surface area contributed by atoms with Crippen LogP contribution in [-0.4, -0.2) is 46.2 Å². The first-order valence-electron chi connectivity index (χ1n) is 10.9. The number of benzene rings is 1. The predicted molar refractivity (Wildman–Crippen MR) is 130 cm³/mol. The number of nitrogens with zero attached hydrogens (tertiary/aromatic N) is 2. The Morgan fingerprint density at radius 3 is 2.65 bits per heavy atom. The van der Waals surface area contributed by atoms with Gasteiger partial charge in [0.15, 0.2) is 11.5 Å². The maximum atomic E-state index is 13.2. The van der Waals surface area contributed by atoms with Crippen molar-refractivity contribution in [2.24, 2.45) is 0 Å². The van der Waals surface area contributed by atoms with Gasteiger partial charge in [0.05, 0.1) is 10.9 Å². The van der Waals surface area contributed by atoms with Crippen LogP contribution >= 0.6 is 11.8 Å². The van der Waals surface area contributed by atoms with Crippen LogP contribution in [0.1, 0.15) is 29.3 Å². The highest BCUT2D eigenvalue weighted by Gasteiger charge is 2.25. The fraction of sp³-hybridized carbons (Fsp3) is 0.333. The third kappa shape index (κ3) is 5.01. The lowest BCUT2D eigenvalue weighted by atomic mass is 10.1. The molecule has 0 saturated heterocycles. The minimum Gasteiger partial charge on any atom is -0.454 e. The van der Waals surface area contributed by atoms with Crippen LogP contribution in [0.3, 0.4) is 0 Å². The molecular weight excluding hydrogens is 456 g/mol. The second kappa shape index (κ2) is 10.6. The van der Waals surface area contributed by atoms with E-state index in [9.17, 15) is 14.4 Å². The molecule has 10 heteroatoms. The zero-order chi connectivity index (χ0) is 24.1. The molecule has 9 nitrogen and oxygen atoms in total. The van der Waals surface area contributed by atoms with Crippen molar-refractivity contribution in [3.8, 4) is 11.5 Å². The molecule has 2 N–H and O–H groups in total. The number of pyridine rings is 2. The number of hydrogen-bond acceptors (Lipinski definition) is 7. The van der Waals surface area contributed by atoms with E-state index in [1.165, 1.54) is 6.20 Å². The first-order chi connectivity index (χ1) is 16.5. The van der Waals surface area contributed by atoms with Gasteiger partial charge in [0.1, 0.15) is 11.6 Å². The molecule has 0 radical (unpaired) electrons. The van der Waals surface area contributed by atoms with Crippen LogP contribution in [-0.2, 0) is 17.9 Å². The molecule has 3 heterocycles. The van der Waals surface area contributed by atoms with Gasteiger partial charge in [-0.2, -0.15) is 11.8 Å². The van der Waals surface area contributed by atoms with Crippen LogP contribution in [0.5, 0.6) is 11.5 Å². The van der Waals surface area contributed by atoms with Crippen molar-refractivity contribution < 1.29 is 19.1 Å². The van der Waals surface area contributed by atoms with Crippen molar-refractivity contribution in [2.75, 3.05) is 18.8 Å². The van der Waals surface area contributed by atoms with E-state index in [0.717, 1.165) is 5.56 Å². The van der Waals surface area contributed by atoms with Gasteiger partial charge in [0.25, 0.3) is 5.91 Å². The summed E-state index contributed by atoms with van der Waals surface area (Å²) in [6.45, 7) is 2.87. The van der Waals surface area contributed by atoms with Gasteiger partial charge < -0.3 is 24.7 Å². The van der Waals surface area contributed by atoms with Crippen LogP contribution < -0.4 is 25.5 Å². The number of aryl methyl sites for hydroxylation is 1. The SMILES string of the molecule is CCn1cc(C(=O)N[C@@H](CCSC)C(=O)NCc2ccncc2)c(=O)c2cc3c(cc21)OCO3. The summed E-state index contributed by atoms with van der Waals surface area (Å²) in [4.78, 5) is 43.3. The van der Waals surface area contributed by atoms with Crippen molar-refractivity contribution in [2.45, 2.75) is 32.5 Å². The molecule has 34 heavy (non-hydrogen) atoms. The molecule has 2 amide bonds. The molecule has 0 fully saturated rings. The number of aromatic nitrogens is 2. The standard InChI is InChI=1S/C24H26N4O5S/c1-3-28-13-17(22(29)16-10-20-21(11-19(16)28)33-14-32-20)23(30)27-18(6-9-34-2)24(31)26-12-15-4-7-25-8-5-15/h4-5,7-8,10-11,13,18H,3,6,9,12,14H2,1-2H3,(H,26,31)(H,27,30)/t18-/m0/s1. The van der Waals surface area contributed by atoms with Gasteiger partial charge >= 0.3 is 0 Å². The quantitative estimate of drug-likeness (QED) is 0.481. The summed E-state index contributed by atoms with van der Waals surface area (Å²) in [7, 11) is 0. The highest BCUT2D eigenvalue weighted by atomic mass is 32.2. The Labute approximate surface area is 200 Å². The lowest BCUT2D eigenvalue weighted by Gasteiger charge is -2.19. The van der Waals surface area contributed by atoms with Crippen LogP contribution in [0, 0.1) is 0 Å². The van der Waals surface area contributed by atoms with Crippen molar-refractivity contribution in [1.29, 1.82) is 0 Å². The summed E-state index contributed by atoms with van der Waals surface area (Å²) in [5, 5.41) is 5.99. The molecule has 1 aliphatic rings. The molecule has 1 aliphatic heterocycles. The fourth-order valence-electron chi connectivity index (χ4n) is 3.76. The number of carbonyl (C=O) groups is 2. The Morgan fingerprint density at radius 1 is 1.21 bits per heavy atom. The van der Waals surface area contributed by atoms with E-state index in [1.807, 2.05) is 29.9 Å². The Hall–Kier alpha value is -3.53. The molecule has 0 spiro atoms. The summed E-state index contributed by atoms with van der Waals surface area (Å²) >= 11 is 1.58. The molecular formula is C24H26N4O5S. The molecule has 0 bridgehead atoms. The molecule has 0 saturated carbocycles. The van der Waals surface area contributed by atoms with Gasteiger partial charge in [0.2, 0.25) is 18.1 Å². The van der Waals surface area contributed by atoms with E-state index in [-0.39, 0.29) is 18.3 Å². The van der Waals surface area contributed by atoms with Gasteiger partial charge in [0, 0.05) is 37.7 Å². The maximum absolute atomic E-state index is 13.2. The van der Waals surface area contributed by atoms with Crippen molar-refractivity contribution in [3.05, 3.63) is 64.2 Å². The molecule has 0 unspecified atom stereocenters. The lowest BCUT2D eigenvalue weighted by Crippen LogP contribution is -2.47. The highest BCUT2D eigenvalue weighted by molar-refractivity contribution is 7.98. The van der Waals surface area contributed by atoms with Crippen molar-refractivity contribution in [1.82, 2.24) is 20.2 Å². The molecule has 1 atom stereocenters. The zero-order valence-corrected chi connectivity index (χ0v) is 19.8. The minimum atomic E-state index is -0.774. The topological polar surface area (TPSA) is 112 Å². The van der Waals surface area contributed by atoms with Gasteiger partial charge in [-0.25, -0.2) is 0 Å². The van der Waals surface area contributed by atoms with Crippen LogP contribution in [0.4, 0.5) is 0 Å². The predicted octanol–water partition coefficient (Wildman–Crippen LogP) is 2.31. The number of nitrogens with one attached hydrogen (secondary N) is 2. The molecule has 4 rings (SSSR count). The Kier molecular flexibility index (Phi) is 7.36. The van der Waals surface area contributed by atoms with E-state index in [1.54, 1.807) is 36.3 Å². The summed E-state index contributed by atoms with van der Waals surface area (Å²) in [5.74, 6) is 0.817. The average molecular weight is 483 g/mol. The van der Waals surface area contributed by atoms with Gasteiger partial charge in [-0.1, -0.05) is 0 Å². The average Bonchev–Trinajstić information content (AvgIpc) is 3.32. The van der Waals surface area contributed by atoms with Crippen LogP contribution in [0.15, 0.2) is 47.7 Å². The minimum absolute atomic E-state index is 0.0238. The largest absolute Gasteiger partial charge is 0.454 e. The fourth-order valence-corrected chi connectivity index (χ4v) is 4.23. The number of carbonyl (C=O) groups excluding carboxylic acids is 2. The second-order valence-electron chi connectivity index (χ2n) is 7.76. The number of hydrogen-bond donors (Lipinski definition) is 2. The number of ether oxygens (including phenoxy) is 2. The molecule has 2 aromatic heterocycles. The van der Waals surface area contributed by atoms with E-state index in [0.29, 0.717) is 47.7 Å². The van der Waals surface area contributed by atoms with E-state index in [4.69, 9.17) is 9.47 Å². The van der Waals surface area contributed by atoms with Crippen molar-refractivity contribution in [3.63, 3.8) is 0 Å². The first-order valence-corrected chi connectivity index (χ1v) is 12.3. The maximum Gasteiger partial charge on any atom is 0.257 e. The molecule has 0 aliphatic carbocycles. The second-order valence-corrected chi connectivity index (χ2v) is 8.75. The highest BCUT2D eigenvalue weighted by Crippen LogP contribution is 2.35. The van der Waals surface area contributed by atoms with E-state index in [2.05, 4.69) is 15.6 Å². The van der Waals surface area contributed by atoms with Crippen LogP contribution in [0.2, 0.25) is 0 Å². The number of thioether (sulfide) groups is 1.